The van der Waals surface area contributed by atoms with Gasteiger partial charge < -0.3 is 4.18 Å². The van der Waals surface area contributed by atoms with Crippen LogP contribution in [0, 0.1) is 0 Å². The molecule has 0 spiro atoms. The van der Waals surface area contributed by atoms with Crippen molar-refractivity contribution in [1.82, 2.24) is 4.98 Å². The summed E-state index contributed by atoms with van der Waals surface area (Å²) in [6.07, 6.45) is 1.57. The van der Waals surface area contributed by atoms with Crippen molar-refractivity contribution in [1.29, 1.82) is 0 Å². The first-order chi connectivity index (χ1) is 9.97. The molecule has 4 nitrogen and oxygen atoms in total. The fourth-order valence-corrected chi connectivity index (χ4v) is 4.85. The fraction of sp³-hybridized carbons (Fsp3) is 0. The molecular formula is C13H7Cl2NO3S2. The largest absolute Gasteiger partial charge is 0.377 e. The second kappa shape index (κ2) is 5.46. The Morgan fingerprint density at radius 2 is 1.90 bits per heavy atom. The molecule has 0 saturated carbocycles. The van der Waals surface area contributed by atoms with Gasteiger partial charge in [0.15, 0.2) is 5.75 Å². The van der Waals surface area contributed by atoms with Gasteiger partial charge in [-0.05, 0) is 18.2 Å². The van der Waals surface area contributed by atoms with Gasteiger partial charge in [-0.2, -0.15) is 8.42 Å². The summed E-state index contributed by atoms with van der Waals surface area (Å²) in [6.45, 7) is 0. The lowest BCUT2D eigenvalue weighted by Gasteiger charge is -2.08. The van der Waals surface area contributed by atoms with Crippen LogP contribution >= 0.6 is 34.5 Å². The second-order valence-electron chi connectivity index (χ2n) is 4.06. The second-order valence-corrected chi connectivity index (χ2v) is 7.86. The van der Waals surface area contributed by atoms with E-state index < -0.39 is 10.1 Å². The van der Waals surface area contributed by atoms with E-state index in [1.54, 1.807) is 18.3 Å². The number of hydrogen-bond donors (Lipinski definition) is 0. The minimum absolute atomic E-state index is 0.0631. The normalized spacial score (nSPS) is 11.7. The van der Waals surface area contributed by atoms with E-state index in [9.17, 15) is 8.42 Å². The van der Waals surface area contributed by atoms with Crippen molar-refractivity contribution < 1.29 is 12.6 Å². The molecule has 0 bridgehead atoms. The van der Waals surface area contributed by atoms with E-state index in [0.717, 1.165) is 16.7 Å². The van der Waals surface area contributed by atoms with Crippen LogP contribution < -0.4 is 4.18 Å². The zero-order valence-electron chi connectivity index (χ0n) is 10.3. The highest BCUT2D eigenvalue weighted by atomic mass is 35.5. The fourth-order valence-electron chi connectivity index (χ4n) is 1.80. The summed E-state index contributed by atoms with van der Waals surface area (Å²) in [5.41, 5.74) is 0.459. The van der Waals surface area contributed by atoms with Crippen molar-refractivity contribution in [2.45, 2.75) is 4.90 Å². The molecule has 8 heteroatoms. The van der Waals surface area contributed by atoms with Crippen LogP contribution in [0.4, 0.5) is 0 Å². The lowest BCUT2D eigenvalue weighted by Crippen LogP contribution is -2.09. The van der Waals surface area contributed by atoms with Crippen LogP contribution in [-0.2, 0) is 10.1 Å². The average molecular weight is 360 g/mol. The topological polar surface area (TPSA) is 56.3 Å². The van der Waals surface area contributed by atoms with Crippen LogP contribution in [0.5, 0.6) is 5.75 Å². The predicted octanol–water partition coefficient (Wildman–Crippen LogP) is 4.37. The Hall–Kier alpha value is -1.34. The summed E-state index contributed by atoms with van der Waals surface area (Å²) in [5, 5.41) is 0.777. The van der Waals surface area contributed by atoms with Crippen molar-refractivity contribution >= 4 is 55.6 Å². The zero-order valence-corrected chi connectivity index (χ0v) is 13.4. The third-order valence-corrected chi connectivity index (χ3v) is 5.68. The quantitative estimate of drug-likeness (QED) is 0.651. The van der Waals surface area contributed by atoms with Gasteiger partial charge in [-0.3, -0.25) is 4.98 Å². The van der Waals surface area contributed by atoms with Gasteiger partial charge in [0.2, 0.25) is 0 Å². The Morgan fingerprint density at radius 3 is 2.62 bits per heavy atom. The number of fused-ring (bicyclic) bond motifs is 1. The van der Waals surface area contributed by atoms with Gasteiger partial charge in [-0.25, -0.2) is 0 Å². The van der Waals surface area contributed by atoms with E-state index in [-0.39, 0.29) is 19.3 Å². The van der Waals surface area contributed by atoms with E-state index in [1.165, 1.54) is 12.1 Å². The highest BCUT2D eigenvalue weighted by Gasteiger charge is 2.24. The molecule has 0 amide bonds. The van der Waals surface area contributed by atoms with E-state index in [1.807, 2.05) is 12.1 Å². The maximum absolute atomic E-state index is 12.3. The van der Waals surface area contributed by atoms with Crippen molar-refractivity contribution in [2.75, 3.05) is 0 Å². The number of hydrogen-bond acceptors (Lipinski definition) is 5. The number of para-hydroxylation sites is 1. The van der Waals surface area contributed by atoms with Crippen LogP contribution in [-0.4, -0.2) is 13.4 Å². The molecule has 2 heterocycles. The Bertz CT molecular complexity index is 917. The number of pyridine rings is 1. The molecule has 2 aromatic heterocycles. The first-order valence-electron chi connectivity index (χ1n) is 5.70. The standard InChI is InChI=1S/C13H7Cl2NO3S2/c14-11-7-10(13(15)20-11)21(17,18)19-9-5-1-3-8-4-2-6-16-12(8)9/h1-7H. The molecule has 0 saturated heterocycles. The maximum Gasteiger partial charge on any atom is 0.341 e. The van der Waals surface area contributed by atoms with Crippen LogP contribution in [0.25, 0.3) is 10.9 Å². The summed E-state index contributed by atoms with van der Waals surface area (Å²) < 4.78 is 30.1. The van der Waals surface area contributed by atoms with Gasteiger partial charge in [0, 0.05) is 11.6 Å². The van der Waals surface area contributed by atoms with Crippen molar-refractivity contribution in [2.24, 2.45) is 0 Å². The molecule has 0 aliphatic carbocycles. The summed E-state index contributed by atoms with van der Waals surface area (Å²) in [4.78, 5) is 3.99. The number of thiophene rings is 1. The molecule has 21 heavy (non-hydrogen) atoms. The average Bonchev–Trinajstić information content (AvgIpc) is 2.79. The van der Waals surface area contributed by atoms with Crippen LogP contribution in [0.3, 0.4) is 0 Å². The van der Waals surface area contributed by atoms with E-state index >= 15 is 0 Å². The smallest absolute Gasteiger partial charge is 0.341 e. The van der Waals surface area contributed by atoms with E-state index in [0.29, 0.717) is 5.52 Å². The summed E-state index contributed by atoms with van der Waals surface area (Å²) in [6, 6.07) is 9.89. The van der Waals surface area contributed by atoms with Gasteiger partial charge in [-0.15, -0.1) is 11.3 Å². The zero-order chi connectivity index (χ0) is 15.0. The van der Waals surface area contributed by atoms with Crippen molar-refractivity contribution in [3.8, 4) is 5.75 Å². The molecule has 108 valence electrons. The minimum atomic E-state index is -4.06. The molecule has 0 aliphatic rings. The highest BCUT2D eigenvalue weighted by molar-refractivity contribution is 7.87. The van der Waals surface area contributed by atoms with E-state index in [2.05, 4.69) is 4.98 Å². The number of benzene rings is 1. The summed E-state index contributed by atoms with van der Waals surface area (Å²) >= 11 is 12.6. The lowest BCUT2D eigenvalue weighted by molar-refractivity contribution is 0.488. The van der Waals surface area contributed by atoms with Gasteiger partial charge in [0.25, 0.3) is 0 Å². The van der Waals surface area contributed by atoms with Gasteiger partial charge >= 0.3 is 10.1 Å². The molecule has 3 aromatic rings. The highest BCUT2D eigenvalue weighted by Crippen LogP contribution is 2.36. The Labute approximate surface area is 135 Å². The van der Waals surface area contributed by atoms with Gasteiger partial charge in [-0.1, -0.05) is 41.4 Å². The molecule has 0 unspecified atom stereocenters. The summed E-state index contributed by atoms with van der Waals surface area (Å²) in [7, 11) is -4.06. The number of halogens is 2. The number of aromatic nitrogens is 1. The van der Waals surface area contributed by atoms with Crippen LogP contribution in [0.2, 0.25) is 8.67 Å². The molecule has 0 N–H and O–H groups in total. The van der Waals surface area contributed by atoms with E-state index in [4.69, 9.17) is 27.4 Å². The first-order valence-corrected chi connectivity index (χ1v) is 8.68. The van der Waals surface area contributed by atoms with Gasteiger partial charge in [0.1, 0.15) is 14.7 Å². The molecule has 1 aromatic carbocycles. The van der Waals surface area contributed by atoms with Crippen LogP contribution in [0.15, 0.2) is 47.5 Å². The van der Waals surface area contributed by atoms with Crippen molar-refractivity contribution in [3.05, 3.63) is 51.3 Å². The van der Waals surface area contributed by atoms with Crippen LogP contribution in [0.1, 0.15) is 0 Å². The maximum atomic E-state index is 12.3. The molecule has 0 fully saturated rings. The molecule has 0 aliphatic heterocycles. The predicted molar refractivity (Wildman–Crippen MR) is 83.9 cm³/mol. The number of rotatable bonds is 3. The Balaban J connectivity index is 2.08. The molecule has 0 radical (unpaired) electrons. The van der Waals surface area contributed by atoms with Gasteiger partial charge in [0.05, 0.1) is 4.34 Å². The summed E-state index contributed by atoms with van der Waals surface area (Å²) in [5.74, 6) is 0.145. The third kappa shape index (κ3) is 2.85. The number of nitrogens with zero attached hydrogens (tertiary/aromatic N) is 1. The third-order valence-electron chi connectivity index (χ3n) is 2.69. The molecule has 3 rings (SSSR count). The Morgan fingerprint density at radius 1 is 1.14 bits per heavy atom. The minimum Gasteiger partial charge on any atom is -0.377 e. The monoisotopic (exact) mass is 359 g/mol. The molecular weight excluding hydrogens is 353 g/mol. The SMILES string of the molecule is O=S(=O)(Oc1cccc2cccnc12)c1cc(Cl)sc1Cl. The Kier molecular flexibility index (Phi) is 3.79. The molecule has 0 atom stereocenters. The lowest BCUT2D eigenvalue weighted by atomic mass is 10.2. The first kappa shape index (κ1) is 14.6. The van der Waals surface area contributed by atoms with Crippen molar-refractivity contribution in [3.63, 3.8) is 0 Å².